The van der Waals surface area contributed by atoms with Crippen molar-refractivity contribution in [3.8, 4) is 5.75 Å². The Morgan fingerprint density at radius 2 is 1.86 bits per heavy atom. The van der Waals surface area contributed by atoms with Crippen LogP contribution in [-0.2, 0) is 13.2 Å². The van der Waals surface area contributed by atoms with E-state index in [1.54, 1.807) is 18.2 Å². The second kappa shape index (κ2) is 6.03. The molecule has 0 radical (unpaired) electrons. The number of nitrogens with two attached hydrogens (primary N) is 1. The molecule has 4 nitrogen and oxygen atoms in total. The molecule has 2 aromatic carbocycles. The molecule has 0 bridgehead atoms. The molecule has 1 heterocycles. The molecule has 22 heavy (non-hydrogen) atoms. The van der Waals surface area contributed by atoms with Crippen LogP contribution in [-0.4, -0.2) is 0 Å². The molecule has 2 N–H and O–H groups in total. The minimum absolute atomic E-state index is 0.0909. The molecule has 0 aliphatic heterocycles. The van der Waals surface area contributed by atoms with E-state index >= 15 is 0 Å². The summed E-state index contributed by atoms with van der Waals surface area (Å²) in [5, 5.41) is 0.528. The maximum atomic E-state index is 11.9. The van der Waals surface area contributed by atoms with E-state index in [-0.39, 0.29) is 12.0 Å². The monoisotopic (exact) mass is 295 g/mol. The lowest BCUT2D eigenvalue weighted by Crippen LogP contribution is -2.05. The number of benzene rings is 2. The molecule has 0 unspecified atom stereocenters. The van der Waals surface area contributed by atoms with Gasteiger partial charge in [-0.1, -0.05) is 29.8 Å². The van der Waals surface area contributed by atoms with E-state index in [4.69, 9.17) is 14.9 Å². The van der Waals surface area contributed by atoms with Gasteiger partial charge in [-0.25, -0.2) is 0 Å². The molecule has 0 spiro atoms. The van der Waals surface area contributed by atoms with Crippen LogP contribution in [0.25, 0.3) is 11.0 Å². The van der Waals surface area contributed by atoms with Crippen molar-refractivity contribution in [3.05, 3.63) is 75.6 Å². The zero-order valence-corrected chi connectivity index (χ0v) is 12.3. The van der Waals surface area contributed by atoms with Gasteiger partial charge in [0.2, 0.25) is 0 Å². The fraction of sp³-hybridized carbons (Fsp3) is 0.167. The molecular weight excluding hydrogens is 278 g/mol. The summed E-state index contributed by atoms with van der Waals surface area (Å²) in [5.41, 5.74) is 8.23. The van der Waals surface area contributed by atoms with Crippen molar-refractivity contribution in [2.24, 2.45) is 5.73 Å². The quantitative estimate of drug-likeness (QED) is 0.803. The fourth-order valence-electron chi connectivity index (χ4n) is 2.23. The minimum Gasteiger partial charge on any atom is -0.489 e. The Morgan fingerprint density at radius 1 is 1.09 bits per heavy atom. The molecule has 3 rings (SSSR count). The molecule has 0 aliphatic carbocycles. The first-order valence-electron chi connectivity index (χ1n) is 7.11. The molecule has 4 heteroatoms. The van der Waals surface area contributed by atoms with Crippen molar-refractivity contribution < 1.29 is 9.15 Å². The van der Waals surface area contributed by atoms with Gasteiger partial charge in [-0.15, -0.1) is 0 Å². The van der Waals surface area contributed by atoms with Gasteiger partial charge in [0.25, 0.3) is 0 Å². The van der Waals surface area contributed by atoms with Gasteiger partial charge in [-0.3, -0.25) is 4.79 Å². The van der Waals surface area contributed by atoms with Crippen LogP contribution < -0.4 is 15.9 Å². The van der Waals surface area contributed by atoms with E-state index in [2.05, 4.69) is 0 Å². The van der Waals surface area contributed by atoms with Gasteiger partial charge in [0, 0.05) is 12.1 Å². The van der Waals surface area contributed by atoms with Gasteiger partial charge >= 0.3 is 0 Å². The topological polar surface area (TPSA) is 65.5 Å². The third kappa shape index (κ3) is 3.02. The summed E-state index contributed by atoms with van der Waals surface area (Å²) in [7, 11) is 0. The Hall–Kier alpha value is -2.59. The third-order valence-corrected chi connectivity index (χ3v) is 3.48. The second-order valence-corrected chi connectivity index (χ2v) is 5.21. The number of aryl methyl sites for hydroxylation is 1. The molecule has 112 valence electrons. The zero-order chi connectivity index (χ0) is 15.5. The lowest BCUT2D eigenvalue weighted by atomic mass is 10.2. The predicted octanol–water partition coefficient (Wildman–Crippen LogP) is 3.14. The Balaban J connectivity index is 1.85. The van der Waals surface area contributed by atoms with Gasteiger partial charge in [-0.05, 0) is 24.6 Å². The van der Waals surface area contributed by atoms with Crippen LogP contribution in [0.4, 0.5) is 0 Å². The van der Waals surface area contributed by atoms with Crippen molar-refractivity contribution in [3.63, 3.8) is 0 Å². The SMILES string of the molecule is Cc1ccc(COc2ccc3c(=O)cc(CN)oc3c2)cc1. The highest BCUT2D eigenvalue weighted by atomic mass is 16.5. The van der Waals surface area contributed by atoms with Crippen LogP contribution in [0.15, 0.2) is 57.7 Å². The van der Waals surface area contributed by atoms with Crippen molar-refractivity contribution in [2.75, 3.05) is 0 Å². The van der Waals surface area contributed by atoms with Gasteiger partial charge < -0.3 is 14.9 Å². The van der Waals surface area contributed by atoms with E-state index in [1.807, 2.05) is 31.2 Å². The normalized spacial score (nSPS) is 10.8. The fourth-order valence-corrected chi connectivity index (χ4v) is 2.23. The molecule has 0 saturated heterocycles. The van der Waals surface area contributed by atoms with Gasteiger partial charge in [0.15, 0.2) is 5.43 Å². The van der Waals surface area contributed by atoms with E-state index in [1.165, 1.54) is 11.6 Å². The number of hydrogen-bond acceptors (Lipinski definition) is 4. The van der Waals surface area contributed by atoms with E-state index < -0.39 is 0 Å². The highest BCUT2D eigenvalue weighted by Crippen LogP contribution is 2.20. The van der Waals surface area contributed by atoms with Crippen LogP contribution in [0.2, 0.25) is 0 Å². The molecule has 0 atom stereocenters. The summed E-state index contributed by atoms with van der Waals surface area (Å²) in [5.74, 6) is 1.12. The number of fused-ring (bicyclic) bond motifs is 1. The summed E-state index contributed by atoms with van der Waals surface area (Å²) < 4.78 is 11.4. The summed E-state index contributed by atoms with van der Waals surface area (Å²) in [6, 6.07) is 14.8. The first-order valence-corrected chi connectivity index (χ1v) is 7.11. The average molecular weight is 295 g/mol. The number of ether oxygens (including phenoxy) is 1. The van der Waals surface area contributed by atoms with Crippen LogP contribution in [0.1, 0.15) is 16.9 Å². The van der Waals surface area contributed by atoms with E-state index in [9.17, 15) is 4.79 Å². The molecule has 0 aliphatic rings. The third-order valence-electron chi connectivity index (χ3n) is 3.48. The van der Waals surface area contributed by atoms with Crippen molar-refractivity contribution in [2.45, 2.75) is 20.1 Å². The maximum absolute atomic E-state index is 11.9. The highest BCUT2D eigenvalue weighted by Gasteiger charge is 2.06. The highest BCUT2D eigenvalue weighted by molar-refractivity contribution is 5.77. The first-order chi connectivity index (χ1) is 10.7. The molecule has 0 fully saturated rings. The molecule has 0 saturated carbocycles. The van der Waals surface area contributed by atoms with Crippen molar-refractivity contribution >= 4 is 11.0 Å². The predicted molar refractivity (Wildman–Crippen MR) is 85.9 cm³/mol. The van der Waals surface area contributed by atoms with Crippen LogP contribution in [0.5, 0.6) is 5.75 Å². The lowest BCUT2D eigenvalue weighted by molar-refractivity contribution is 0.306. The van der Waals surface area contributed by atoms with Crippen LogP contribution in [0, 0.1) is 6.92 Å². The number of rotatable bonds is 4. The molecule has 0 amide bonds. The Kier molecular flexibility index (Phi) is 3.94. The minimum atomic E-state index is -0.0909. The van der Waals surface area contributed by atoms with E-state index in [0.29, 0.717) is 29.1 Å². The van der Waals surface area contributed by atoms with Gasteiger partial charge in [0.1, 0.15) is 23.7 Å². The first kappa shape index (κ1) is 14.4. The summed E-state index contributed by atoms with van der Waals surface area (Å²) in [4.78, 5) is 11.9. The summed E-state index contributed by atoms with van der Waals surface area (Å²) in [6.07, 6.45) is 0. The Bertz CT molecular complexity index is 850. The standard InChI is InChI=1S/C18H17NO3/c1-12-2-4-13(5-3-12)11-21-14-6-7-16-17(20)8-15(10-19)22-18(16)9-14/h2-9H,10-11,19H2,1H3. The van der Waals surface area contributed by atoms with Crippen molar-refractivity contribution in [1.82, 2.24) is 0 Å². The zero-order valence-electron chi connectivity index (χ0n) is 12.3. The lowest BCUT2D eigenvalue weighted by Gasteiger charge is -2.08. The van der Waals surface area contributed by atoms with Gasteiger partial charge in [0.05, 0.1) is 11.9 Å². The summed E-state index contributed by atoms with van der Waals surface area (Å²) in [6.45, 7) is 2.71. The maximum Gasteiger partial charge on any atom is 0.193 e. The molecule has 1 aromatic heterocycles. The molecular formula is C18H17NO3. The Labute approximate surface area is 128 Å². The smallest absolute Gasteiger partial charge is 0.193 e. The largest absolute Gasteiger partial charge is 0.489 e. The Morgan fingerprint density at radius 3 is 2.59 bits per heavy atom. The number of hydrogen-bond donors (Lipinski definition) is 1. The average Bonchev–Trinajstić information content (AvgIpc) is 2.54. The second-order valence-electron chi connectivity index (χ2n) is 5.21. The van der Waals surface area contributed by atoms with Crippen LogP contribution >= 0.6 is 0 Å². The van der Waals surface area contributed by atoms with Crippen LogP contribution in [0.3, 0.4) is 0 Å². The van der Waals surface area contributed by atoms with Gasteiger partial charge in [-0.2, -0.15) is 0 Å². The van der Waals surface area contributed by atoms with E-state index in [0.717, 1.165) is 5.56 Å². The van der Waals surface area contributed by atoms with Crippen molar-refractivity contribution in [1.29, 1.82) is 0 Å². The molecule has 3 aromatic rings. The summed E-state index contributed by atoms with van der Waals surface area (Å²) >= 11 is 0.